The Labute approximate surface area is 102 Å². The molecule has 0 bridgehead atoms. The zero-order chi connectivity index (χ0) is 12.9. The highest BCUT2D eigenvalue weighted by molar-refractivity contribution is 5.63. The monoisotopic (exact) mass is 239 g/mol. The highest BCUT2D eigenvalue weighted by Crippen LogP contribution is 2.29. The SMILES string of the molecule is CCC(C)(C)CNc1ncnc(NN)c1OC. The molecule has 17 heavy (non-hydrogen) atoms. The Morgan fingerprint density at radius 3 is 2.53 bits per heavy atom. The summed E-state index contributed by atoms with van der Waals surface area (Å²) >= 11 is 0. The molecule has 0 aliphatic carbocycles. The molecule has 0 spiro atoms. The van der Waals surface area contributed by atoms with Crippen molar-refractivity contribution in [3.63, 3.8) is 0 Å². The number of hydrogen-bond donors (Lipinski definition) is 3. The van der Waals surface area contributed by atoms with Crippen molar-refractivity contribution in [2.45, 2.75) is 27.2 Å². The lowest BCUT2D eigenvalue weighted by Crippen LogP contribution is -2.23. The van der Waals surface area contributed by atoms with E-state index in [2.05, 4.69) is 41.5 Å². The second-order valence-electron chi connectivity index (χ2n) is 4.62. The van der Waals surface area contributed by atoms with Crippen molar-refractivity contribution in [3.8, 4) is 5.75 Å². The largest absolute Gasteiger partial charge is 0.490 e. The molecule has 1 heterocycles. The third-order valence-corrected chi connectivity index (χ3v) is 2.84. The summed E-state index contributed by atoms with van der Waals surface area (Å²) < 4.78 is 5.24. The predicted molar refractivity (Wildman–Crippen MR) is 69.0 cm³/mol. The standard InChI is InChI=1S/C11H21N5O/c1-5-11(2,3)6-13-9-8(17-4)10(16-12)15-7-14-9/h7H,5-6,12H2,1-4H3,(H2,13,14,15,16). The van der Waals surface area contributed by atoms with E-state index in [1.54, 1.807) is 7.11 Å². The van der Waals surface area contributed by atoms with E-state index in [9.17, 15) is 0 Å². The molecule has 0 unspecified atom stereocenters. The van der Waals surface area contributed by atoms with Crippen LogP contribution in [-0.4, -0.2) is 23.6 Å². The fourth-order valence-corrected chi connectivity index (χ4v) is 1.24. The number of hydrogen-bond acceptors (Lipinski definition) is 6. The maximum atomic E-state index is 5.36. The number of anilines is 2. The lowest BCUT2D eigenvalue weighted by atomic mass is 9.90. The molecule has 6 heteroatoms. The Hall–Kier alpha value is -1.56. The molecule has 96 valence electrons. The minimum atomic E-state index is 0.201. The molecular formula is C11H21N5O. The zero-order valence-electron chi connectivity index (χ0n) is 10.9. The zero-order valence-corrected chi connectivity index (χ0v) is 10.9. The second-order valence-corrected chi connectivity index (χ2v) is 4.62. The lowest BCUT2D eigenvalue weighted by Gasteiger charge is -2.23. The number of aromatic nitrogens is 2. The van der Waals surface area contributed by atoms with Crippen molar-refractivity contribution in [3.05, 3.63) is 6.33 Å². The molecule has 4 N–H and O–H groups in total. The number of methoxy groups -OCH3 is 1. The quantitative estimate of drug-likeness (QED) is 0.516. The van der Waals surface area contributed by atoms with Crippen molar-refractivity contribution < 1.29 is 4.74 Å². The first-order valence-corrected chi connectivity index (χ1v) is 5.63. The van der Waals surface area contributed by atoms with Crippen LogP contribution in [0.5, 0.6) is 5.75 Å². The molecule has 0 saturated heterocycles. The van der Waals surface area contributed by atoms with Crippen molar-refractivity contribution >= 4 is 11.6 Å². The summed E-state index contributed by atoms with van der Waals surface area (Å²) in [6.07, 6.45) is 2.52. The van der Waals surface area contributed by atoms with E-state index in [-0.39, 0.29) is 5.41 Å². The molecule has 0 radical (unpaired) electrons. The summed E-state index contributed by atoms with van der Waals surface area (Å²) in [5, 5.41) is 3.26. The molecule has 0 aliphatic heterocycles. The molecule has 0 saturated carbocycles. The highest BCUT2D eigenvalue weighted by Gasteiger charge is 2.17. The van der Waals surface area contributed by atoms with Crippen molar-refractivity contribution in [2.75, 3.05) is 24.4 Å². The molecule has 1 aromatic heterocycles. The summed E-state index contributed by atoms with van der Waals surface area (Å²) in [4.78, 5) is 8.13. The minimum absolute atomic E-state index is 0.201. The van der Waals surface area contributed by atoms with E-state index in [0.29, 0.717) is 17.4 Å². The van der Waals surface area contributed by atoms with Gasteiger partial charge < -0.3 is 15.5 Å². The number of hydrazine groups is 1. The number of rotatable bonds is 6. The Morgan fingerprint density at radius 2 is 2.00 bits per heavy atom. The van der Waals surface area contributed by atoms with Gasteiger partial charge in [0.25, 0.3) is 0 Å². The molecule has 1 rings (SSSR count). The maximum Gasteiger partial charge on any atom is 0.205 e. The molecule has 0 atom stereocenters. The van der Waals surface area contributed by atoms with Gasteiger partial charge in [0.2, 0.25) is 5.75 Å². The maximum absolute atomic E-state index is 5.36. The second kappa shape index (κ2) is 5.67. The number of ether oxygens (including phenoxy) is 1. The van der Waals surface area contributed by atoms with Crippen molar-refractivity contribution in [2.24, 2.45) is 11.3 Å². The summed E-state index contributed by atoms with van der Waals surface area (Å²) in [5.74, 6) is 7.01. The molecule has 0 fully saturated rings. The van der Waals surface area contributed by atoms with Gasteiger partial charge in [-0.25, -0.2) is 15.8 Å². The van der Waals surface area contributed by atoms with Gasteiger partial charge in [-0.05, 0) is 11.8 Å². The first kappa shape index (κ1) is 13.5. The first-order chi connectivity index (χ1) is 8.04. The Balaban J connectivity index is 2.84. The van der Waals surface area contributed by atoms with Crippen molar-refractivity contribution in [1.82, 2.24) is 9.97 Å². The molecule has 0 aromatic carbocycles. The summed E-state index contributed by atoms with van der Waals surface area (Å²) in [6.45, 7) is 7.35. The molecule has 6 nitrogen and oxygen atoms in total. The Bertz CT molecular complexity index is 367. The fraction of sp³-hybridized carbons (Fsp3) is 0.636. The predicted octanol–water partition coefficient (Wildman–Crippen LogP) is 1.62. The number of nitrogens with zero attached hydrogens (tertiary/aromatic N) is 2. The third kappa shape index (κ3) is 3.45. The van der Waals surface area contributed by atoms with Crippen LogP contribution in [0.4, 0.5) is 11.6 Å². The van der Waals surface area contributed by atoms with Crippen LogP contribution in [0.1, 0.15) is 27.2 Å². The van der Waals surface area contributed by atoms with Crippen LogP contribution >= 0.6 is 0 Å². The van der Waals surface area contributed by atoms with Gasteiger partial charge in [-0.15, -0.1) is 0 Å². The number of nitrogens with one attached hydrogen (secondary N) is 2. The van der Waals surface area contributed by atoms with Gasteiger partial charge in [-0.3, -0.25) is 0 Å². The normalized spacial score (nSPS) is 11.1. The average molecular weight is 239 g/mol. The fourth-order valence-electron chi connectivity index (χ4n) is 1.24. The highest BCUT2D eigenvalue weighted by atomic mass is 16.5. The summed E-state index contributed by atoms with van der Waals surface area (Å²) in [5.41, 5.74) is 2.68. The van der Waals surface area contributed by atoms with E-state index in [1.165, 1.54) is 6.33 Å². The van der Waals surface area contributed by atoms with Crippen LogP contribution in [-0.2, 0) is 0 Å². The van der Waals surface area contributed by atoms with Gasteiger partial charge in [0.1, 0.15) is 6.33 Å². The molecule has 0 amide bonds. The molecular weight excluding hydrogens is 218 g/mol. The third-order valence-electron chi connectivity index (χ3n) is 2.84. The van der Waals surface area contributed by atoms with Gasteiger partial charge >= 0.3 is 0 Å². The van der Waals surface area contributed by atoms with Crippen LogP contribution in [0.25, 0.3) is 0 Å². The van der Waals surface area contributed by atoms with Crippen LogP contribution in [0.15, 0.2) is 6.33 Å². The lowest BCUT2D eigenvalue weighted by molar-refractivity contribution is 0.374. The Morgan fingerprint density at radius 1 is 1.35 bits per heavy atom. The first-order valence-electron chi connectivity index (χ1n) is 5.63. The van der Waals surface area contributed by atoms with Gasteiger partial charge in [-0.1, -0.05) is 20.8 Å². The number of nitrogen functional groups attached to an aromatic ring is 1. The van der Waals surface area contributed by atoms with Gasteiger partial charge in [-0.2, -0.15) is 0 Å². The smallest absolute Gasteiger partial charge is 0.205 e. The van der Waals surface area contributed by atoms with E-state index in [1.807, 2.05) is 0 Å². The minimum Gasteiger partial charge on any atom is -0.490 e. The molecule has 0 aliphatic rings. The van der Waals surface area contributed by atoms with Crippen LogP contribution in [0.3, 0.4) is 0 Å². The van der Waals surface area contributed by atoms with Crippen LogP contribution in [0.2, 0.25) is 0 Å². The topological polar surface area (TPSA) is 85.1 Å². The van der Waals surface area contributed by atoms with E-state index in [0.717, 1.165) is 13.0 Å². The van der Waals surface area contributed by atoms with Crippen LogP contribution < -0.4 is 21.3 Å². The van der Waals surface area contributed by atoms with Crippen LogP contribution in [0, 0.1) is 5.41 Å². The van der Waals surface area contributed by atoms with E-state index < -0.39 is 0 Å². The van der Waals surface area contributed by atoms with Gasteiger partial charge in [0.15, 0.2) is 11.6 Å². The Kier molecular flexibility index (Phi) is 4.51. The van der Waals surface area contributed by atoms with E-state index >= 15 is 0 Å². The number of nitrogens with two attached hydrogens (primary N) is 1. The van der Waals surface area contributed by atoms with Gasteiger partial charge in [0, 0.05) is 6.54 Å². The summed E-state index contributed by atoms with van der Waals surface area (Å²) in [6, 6.07) is 0. The summed E-state index contributed by atoms with van der Waals surface area (Å²) in [7, 11) is 1.57. The average Bonchev–Trinajstić information content (AvgIpc) is 2.35. The molecule has 1 aromatic rings. The van der Waals surface area contributed by atoms with Gasteiger partial charge in [0.05, 0.1) is 7.11 Å². The van der Waals surface area contributed by atoms with Crippen molar-refractivity contribution in [1.29, 1.82) is 0 Å². The van der Waals surface area contributed by atoms with E-state index in [4.69, 9.17) is 10.6 Å².